The Kier molecular flexibility index (Phi) is 4.50. The van der Waals surface area contributed by atoms with Crippen molar-refractivity contribution in [3.05, 3.63) is 35.4 Å². The molecule has 1 aromatic rings. The van der Waals surface area contributed by atoms with Gasteiger partial charge in [0.2, 0.25) is 0 Å². The zero-order valence-corrected chi connectivity index (χ0v) is 10.0. The standard InChI is InChI=1S/C13H20N2O2/c14-7-11-1-3-12(4-2-11)8-15-5-6-17-10-13(15)9-16/h1-4,13,16H,5-10,14H2. The summed E-state index contributed by atoms with van der Waals surface area (Å²) in [6, 6.07) is 8.45. The zero-order valence-electron chi connectivity index (χ0n) is 10.0. The summed E-state index contributed by atoms with van der Waals surface area (Å²) in [5.41, 5.74) is 7.97. The van der Waals surface area contributed by atoms with Crippen LogP contribution in [0.2, 0.25) is 0 Å². The van der Waals surface area contributed by atoms with Gasteiger partial charge < -0.3 is 15.6 Å². The van der Waals surface area contributed by atoms with E-state index in [2.05, 4.69) is 29.2 Å². The van der Waals surface area contributed by atoms with E-state index in [1.165, 1.54) is 5.56 Å². The number of nitrogens with two attached hydrogens (primary N) is 1. The number of hydrogen-bond donors (Lipinski definition) is 2. The average Bonchev–Trinajstić information content (AvgIpc) is 2.40. The highest BCUT2D eigenvalue weighted by molar-refractivity contribution is 5.22. The molecule has 1 atom stereocenters. The molecule has 17 heavy (non-hydrogen) atoms. The molecule has 94 valence electrons. The second kappa shape index (κ2) is 6.12. The Balaban J connectivity index is 1.98. The van der Waals surface area contributed by atoms with Gasteiger partial charge in [0.15, 0.2) is 0 Å². The van der Waals surface area contributed by atoms with Crippen molar-refractivity contribution in [1.29, 1.82) is 0 Å². The molecule has 0 aliphatic carbocycles. The highest BCUT2D eigenvalue weighted by Crippen LogP contribution is 2.12. The van der Waals surface area contributed by atoms with Gasteiger partial charge in [-0.3, -0.25) is 4.90 Å². The van der Waals surface area contributed by atoms with Crippen molar-refractivity contribution in [1.82, 2.24) is 4.90 Å². The van der Waals surface area contributed by atoms with E-state index >= 15 is 0 Å². The Morgan fingerprint density at radius 1 is 1.29 bits per heavy atom. The van der Waals surface area contributed by atoms with Crippen molar-refractivity contribution in [2.45, 2.75) is 19.1 Å². The van der Waals surface area contributed by atoms with Crippen LogP contribution >= 0.6 is 0 Å². The highest BCUT2D eigenvalue weighted by atomic mass is 16.5. The number of rotatable bonds is 4. The monoisotopic (exact) mass is 236 g/mol. The van der Waals surface area contributed by atoms with Crippen LogP contribution in [0.4, 0.5) is 0 Å². The van der Waals surface area contributed by atoms with Crippen LogP contribution in [0, 0.1) is 0 Å². The Morgan fingerprint density at radius 2 is 2.00 bits per heavy atom. The van der Waals surface area contributed by atoms with Crippen LogP contribution in [0.3, 0.4) is 0 Å². The molecule has 1 aromatic carbocycles. The maximum absolute atomic E-state index is 9.28. The van der Waals surface area contributed by atoms with Crippen molar-refractivity contribution in [2.24, 2.45) is 5.73 Å². The number of nitrogens with zero attached hydrogens (tertiary/aromatic N) is 1. The van der Waals surface area contributed by atoms with Gasteiger partial charge >= 0.3 is 0 Å². The number of hydrogen-bond acceptors (Lipinski definition) is 4. The molecule has 1 unspecified atom stereocenters. The normalized spacial score (nSPS) is 21.6. The number of aliphatic hydroxyl groups excluding tert-OH is 1. The van der Waals surface area contributed by atoms with E-state index in [0.717, 1.165) is 25.3 Å². The molecule has 1 fully saturated rings. The predicted molar refractivity (Wildman–Crippen MR) is 66.4 cm³/mol. The molecule has 4 heteroatoms. The lowest BCUT2D eigenvalue weighted by atomic mass is 10.1. The van der Waals surface area contributed by atoms with E-state index in [0.29, 0.717) is 13.2 Å². The van der Waals surface area contributed by atoms with Crippen molar-refractivity contribution in [3.8, 4) is 0 Å². The average molecular weight is 236 g/mol. The van der Waals surface area contributed by atoms with Gasteiger partial charge in [-0.1, -0.05) is 24.3 Å². The first-order valence-corrected chi connectivity index (χ1v) is 6.04. The lowest BCUT2D eigenvalue weighted by Gasteiger charge is -2.34. The van der Waals surface area contributed by atoms with Crippen molar-refractivity contribution in [3.63, 3.8) is 0 Å². The molecule has 4 nitrogen and oxygen atoms in total. The molecule has 0 bridgehead atoms. The molecular weight excluding hydrogens is 216 g/mol. The summed E-state index contributed by atoms with van der Waals surface area (Å²) in [5, 5.41) is 9.28. The minimum absolute atomic E-state index is 0.123. The number of aliphatic hydroxyl groups is 1. The summed E-state index contributed by atoms with van der Waals surface area (Å²) in [6.07, 6.45) is 0. The van der Waals surface area contributed by atoms with E-state index in [1.54, 1.807) is 0 Å². The zero-order chi connectivity index (χ0) is 12.1. The van der Waals surface area contributed by atoms with Gasteiger partial charge in [-0.05, 0) is 11.1 Å². The molecule has 1 saturated heterocycles. The van der Waals surface area contributed by atoms with Gasteiger partial charge in [-0.15, -0.1) is 0 Å². The van der Waals surface area contributed by atoms with Crippen LogP contribution in [0.25, 0.3) is 0 Å². The minimum Gasteiger partial charge on any atom is -0.395 e. The molecule has 1 aliphatic rings. The smallest absolute Gasteiger partial charge is 0.0644 e. The van der Waals surface area contributed by atoms with E-state index in [1.807, 2.05) is 0 Å². The van der Waals surface area contributed by atoms with E-state index in [4.69, 9.17) is 10.5 Å². The van der Waals surface area contributed by atoms with Crippen LogP contribution in [-0.2, 0) is 17.8 Å². The maximum atomic E-state index is 9.28. The molecule has 3 N–H and O–H groups in total. The van der Waals surface area contributed by atoms with Crippen LogP contribution in [-0.4, -0.2) is 42.4 Å². The lowest BCUT2D eigenvalue weighted by Crippen LogP contribution is -2.46. The highest BCUT2D eigenvalue weighted by Gasteiger charge is 2.21. The summed E-state index contributed by atoms with van der Waals surface area (Å²) >= 11 is 0. The Hall–Kier alpha value is -0.940. The Bertz CT molecular complexity index is 340. The fourth-order valence-electron chi connectivity index (χ4n) is 2.08. The summed E-state index contributed by atoms with van der Waals surface area (Å²) < 4.78 is 5.36. The number of ether oxygens (including phenoxy) is 1. The molecule has 0 saturated carbocycles. The quantitative estimate of drug-likeness (QED) is 0.791. The third-order valence-corrected chi connectivity index (χ3v) is 3.20. The SMILES string of the molecule is NCc1ccc(CN2CCOCC2CO)cc1. The van der Waals surface area contributed by atoms with E-state index in [-0.39, 0.29) is 12.6 Å². The van der Waals surface area contributed by atoms with Gasteiger partial charge in [-0.25, -0.2) is 0 Å². The first-order chi connectivity index (χ1) is 8.33. The summed E-state index contributed by atoms with van der Waals surface area (Å²) in [7, 11) is 0. The first-order valence-electron chi connectivity index (χ1n) is 6.04. The largest absolute Gasteiger partial charge is 0.395 e. The molecule has 0 aromatic heterocycles. The molecule has 1 heterocycles. The van der Waals surface area contributed by atoms with E-state index < -0.39 is 0 Å². The third-order valence-electron chi connectivity index (χ3n) is 3.20. The first kappa shape index (κ1) is 12.5. The second-order valence-electron chi connectivity index (χ2n) is 4.40. The predicted octanol–water partition coefficient (Wildman–Crippen LogP) is 0.338. The van der Waals surface area contributed by atoms with Gasteiger partial charge in [0.05, 0.1) is 25.9 Å². The van der Waals surface area contributed by atoms with Crippen molar-refractivity contribution in [2.75, 3.05) is 26.4 Å². The van der Waals surface area contributed by atoms with Crippen molar-refractivity contribution >= 4 is 0 Å². The third kappa shape index (κ3) is 3.26. The fourth-order valence-corrected chi connectivity index (χ4v) is 2.08. The molecule has 0 amide bonds. The summed E-state index contributed by atoms with van der Waals surface area (Å²) in [6.45, 7) is 3.84. The van der Waals surface area contributed by atoms with Crippen LogP contribution < -0.4 is 5.73 Å². The number of morpholine rings is 1. The lowest BCUT2D eigenvalue weighted by molar-refractivity contribution is -0.0312. The van der Waals surface area contributed by atoms with Crippen molar-refractivity contribution < 1.29 is 9.84 Å². The molecule has 1 aliphatic heterocycles. The van der Waals surface area contributed by atoms with Gasteiger partial charge in [0.1, 0.15) is 0 Å². The maximum Gasteiger partial charge on any atom is 0.0644 e. The van der Waals surface area contributed by atoms with Gasteiger partial charge in [-0.2, -0.15) is 0 Å². The molecule has 2 rings (SSSR count). The second-order valence-corrected chi connectivity index (χ2v) is 4.40. The van der Waals surface area contributed by atoms with Gasteiger partial charge in [0, 0.05) is 19.6 Å². The summed E-state index contributed by atoms with van der Waals surface area (Å²) in [5.74, 6) is 0. The minimum atomic E-state index is 0.123. The number of benzene rings is 1. The topological polar surface area (TPSA) is 58.7 Å². The summed E-state index contributed by atoms with van der Waals surface area (Å²) in [4.78, 5) is 2.26. The Morgan fingerprint density at radius 3 is 2.65 bits per heavy atom. The fraction of sp³-hybridized carbons (Fsp3) is 0.538. The molecule has 0 spiro atoms. The van der Waals surface area contributed by atoms with E-state index in [9.17, 15) is 5.11 Å². The van der Waals surface area contributed by atoms with Gasteiger partial charge in [0.25, 0.3) is 0 Å². The van der Waals surface area contributed by atoms with Crippen LogP contribution in [0.15, 0.2) is 24.3 Å². The molecular formula is C13H20N2O2. The van der Waals surface area contributed by atoms with Crippen LogP contribution in [0.5, 0.6) is 0 Å². The Labute approximate surface area is 102 Å². The molecule has 0 radical (unpaired) electrons. The van der Waals surface area contributed by atoms with Crippen LogP contribution in [0.1, 0.15) is 11.1 Å².